The largest absolute Gasteiger partial charge is 0.355 e. The summed E-state index contributed by atoms with van der Waals surface area (Å²) in [6, 6.07) is 0. The van der Waals surface area contributed by atoms with Gasteiger partial charge in [-0.25, -0.2) is 4.39 Å². The standard InChI is InChI=1S/C7H14F3N3O/c1-12-6(14)7(8,13(9)10)4-2-3-5-11/h2-5,11H2,1H3,(H,12,14)/t7-/m0/s1. The van der Waals surface area contributed by atoms with Gasteiger partial charge in [-0.1, -0.05) is 8.96 Å². The molecule has 0 fully saturated rings. The molecule has 0 spiro atoms. The van der Waals surface area contributed by atoms with E-state index < -0.39 is 23.5 Å². The van der Waals surface area contributed by atoms with Crippen LogP contribution in [0.1, 0.15) is 19.3 Å². The van der Waals surface area contributed by atoms with Crippen LogP contribution in [0.2, 0.25) is 0 Å². The summed E-state index contributed by atoms with van der Waals surface area (Å²) >= 11 is 0. The number of amides is 1. The van der Waals surface area contributed by atoms with Crippen molar-refractivity contribution in [3.63, 3.8) is 0 Å². The fourth-order valence-electron chi connectivity index (χ4n) is 0.970. The highest BCUT2D eigenvalue weighted by Gasteiger charge is 2.46. The highest BCUT2D eigenvalue weighted by Crippen LogP contribution is 2.25. The van der Waals surface area contributed by atoms with E-state index >= 15 is 0 Å². The van der Waals surface area contributed by atoms with Gasteiger partial charge in [-0.2, -0.15) is 0 Å². The molecule has 0 aliphatic heterocycles. The van der Waals surface area contributed by atoms with Gasteiger partial charge in [-0.15, -0.1) is 0 Å². The molecule has 0 aliphatic carbocycles. The molecule has 4 nitrogen and oxygen atoms in total. The monoisotopic (exact) mass is 213 g/mol. The molecule has 0 aromatic heterocycles. The van der Waals surface area contributed by atoms with Crippen molar-refractivity contribution in [2.75, 3.05) is 13.6 Å². The number of hydrogen-bond donors (Lipinski definition) is 2. The van der Waals surface area contributed by atoms with Crippen LogP contribution < -0.4 is 11.1 Å². The number of hydrogen-bond acceptors (Lipinski definition) is 3. The third kappa shape index (κ3) is 3.15. The SMILES string of the molecule is CNC(=O)[C@](F)(CCCCN)N(F)F. The molecular weight excluding hydrogens is 199 g/mol. The number of nitrogens with one attached hydrogen (secondary N) is 1. The van der Waals surface area contributed by atoms with Gasteiger partial charge in [0.05, 0.1) is 5.34 Å². The first kappa shape index (κ1) is 13.2. The first-order valence-corrected chi connectivity index (χ1v) is 4.22. The molecule has 0 heterocycles. The van der Waals surface area contributed by atoms with E-state index in [9.17, 15) is 18.1 Å². The Morgan fingerprint density at radius 1 is 1.50 bits per heavy atom. The predicted octanol–water partition coefficient (Wildman–Crippen LogP) is 0.598. The molecule has 0 rings (SSSR count). The summed E-state index contributed by atoms with van der Waals surface area (Å²) in [7, 11) is 1.10. The average molecular weight is 213 g/mol. The summed E-state index contributed by atoms with van der Waals surface area (Å²) in [5.41, 5.74) is 5.12. The van der Waals surface area contributed by atoms with Crippen molar-refractivity contribution in [1.82, 2.24) is 10.7 Å². The van der Waals surface area contributed by atoms with Crippen LogP contribution in [-0.2, 0) is 4.79 Å². The fraction of sp³-hybridized carbons (Fsp3) is 0.857. The topological polar surface area (TPSA) is 58.4 Å². The number of nitrogens with two attached hydrogens (primary N) is 1. The quantitative estimate of drug-likeness (QED) is 0.386. The Balaban J connectivity index is 4.32. The van der Waals surface area contributed by atoms with E-state index in [4.69, 9.17) is 5.73 Å². The zero-order valence-corrected chi connectivity index (χ0v) is 7.90. The molecule has 1 atom stereocenters. The number of alkyl halides is 1. The van der Waals surface area contributed by atoms with Crippen LogP contribution in [0.5, 0.6) is 0 Å². The zero-order chi connectivity index (χ0) is 11.2. The van der Waals surface area contributed by atoms with Gasteiger partial charge in [0, 0.05) is 13.5 Å². The van der Waals surface area contributed by atoms with Crippen molar-refractivity contribution >= 4 is 5.91 Å². The van der Waals surface area contributed by atoms with Crippen LogP contribution in [0.3, 0.4) is 0 Å². The minimum Gasteiger partial charge on any atom is -0.355 e. The first-order valence-electron chi connectivity index (χ1n) is 4.22. The Labute approximate surface area is 80.1 Å². The summed E-state index contributed by atoms with van der Waals surface area (Å²) in [6.07, 6.45) is -0.0435. The minimum atomic E-state index is -3.25. The third-order valence-electron chi connectivity index (χ3n) is 1.81. The maximum atomic E-state index is 13.4. The van der Waals surface area contributed by atoms with E-state index in [2.05, 4.69) is 0 Å². The van der Waals surface area contributed by atoms with Crippen molar-refractivity contribution in [2.24, 2.45) is 5.73 Å². The average Bonchev–Trinajstić information content (AvgIpc) is 2.16. The van der Waals surface area contributed by atoms with Crippen LogP contribution in [0.25, 0.3) is 0 Å². The van der Waals surface area contributed by atoms with Gasteiger partial charge in [0.25, 0.3) is 11.7 Å². The Morgan fingerprint density at radius 2 is 2.07 bits per heavy atom. The molecule has 0 radical (unpaired) electrons. The van der Waals surface area contributed by atoms with Gasteiger partial charge in [0.1, 0.15) is 0 Å². The Morgan fingerprint density at radius 3 is 2.43 bits per heavy atom. The van der Waals surface area contributed by atoms with Crippen molar-refractivity contribution < 1.29 is 18.1 Å². The van der Waals surface area contributed by atoms with E-state index in [1.165, 1.54) is 0 Å². The summed E-state index contributed by atoms with van der Waals surface area (Å²) in [5, 5.41) is 0.141. The lowest BCUT2D eigenvalue weighted by atomic mass is 10.1. The lowest BCUT2D eigenvalue weighted by molar-refractivity contribution is -0.270. The molecule has 0 bridgehead atoms. The first-order chi connectivity index (χ1) is 6.49. The molecule has 84 valence electrons. The Kier molecular flexibility index (Phi) is 5.47. The Hall–Kier alpha value is -0.820. The highest BCUT2D eigenvalue weighted by molar-refractivity contribution is 5.83. The molecule has 0 saturated carbocycles. The van der Waals surface area contributed by atoms with Crippen molar-refractivity contribution in [1.29, 1.82) is 0 Å². The van der Waals surface area contributed by atoms with Crippen LogP contribution in [0.15, 0.2) is 0 Å². The molecule has 3 N–H and O–H groups in total. The highest BCUT2D eigenvalue weighted by atomic mass is 19.4. The number of carbonyl (C=O) groups excluding carboxylic acids is 1. The van der Waals surface area contributed by atoms with Gasteiger partial charge in [0.15, 0.2) is 0 Å². The van der Waals surface area contributed by atoms with E-state index in [-0.39, 0.29) is 13.0 Å². The number of carbonyl (C=O) groups is 1. The van der Waals surface area contributed by atoms with Gasteiger partial charge < -0.3 is 11.1 Å². The van der Waals surface area contributed by atoms with E-state index in [1.54, 1.807) is 0 Å². The second kappa shape index (κ2) is 5.82. The lowest BCUT2D eigenvalue weighted by Crippen LogP contribution is -2.49. The molecular formula is C7H14F3N3O. The van der Waals surface area contributed by atoms with Gasteiger partial charge >= 0.3 is 0 Å². The zero-order valence-electron chi connectivity index (χ0n) is 7.90. The molecule has 7 heteroatoms. The number of rotatable bonds is 6. The lowest BCUT2D eigenvalue weighted by Gasteiger charge is -2.22. The van der Waals surface area contributed by atoms with Gasteiger partial charge in [-0.05, 0) is 19.4 Å². The minimum absolute atomic E-state index is 0.130. The summed E-state index contributed by atoms with van der Waals surface area (Å²) < 4.78 is 37.6. The molecule has 14 heavy (non-hydrogen) atoms. The maximum Gasteiger partial charge on any atom is 0.298 e. The van der Waals surface area contributed by atoms with Crippen LogP contribution in [0, 0.1) is 0 Å². The maximum absolute atomic E-state index is 13.4. The van der Waals surface area contributed by atoms with E-state index in [1.807, 2.05) is 5.32 Å². The normalized spacial score (nSPS) is 15.3. The molecule has 0 aromatic carbocycles. The summed E-state index contributed by atoms with van der Waals surface area (Å²) in [6.45, 7) is 0.280. The van der Waals surface area contributed by atoms with Crippen molar-refractivity contribution in [2.45, 2.75) is 25.1 Å². The number of likely N-dealkylation sites (N-methyl/N-ethyl adjacent to an activating group) is 1. The van der Waals surface area contributed by atoms with Crippen LogP contribution in [-0.4, -0.2) is 30.6 Å². The number of halogens is 3. The summed E-state index contributed by atoms with van der Waals surface area (Å²) in [5.74, 6) is -4.59. The van der Waals surface area contributed by atoms with Crippen LogP contribution >= 0.6 is 0 Å². The third-order valence-corrected chi connectivity index (χ3v) is 1.81. The molecule has 0 aliphatic rings. The smallest absolute Gasteiger partial charge is 0.298 e. The number of nitrogens with zero attached hydrogens (tertiary/aromatic N) is 1. The van der Waals surface area contributed by atoms with Crippen LogP contribution in [0.4, 0.5) is 13.4 Å². The second-order valence-electron chi connectivity index (χ2n) is 2.82. The fourth-order valence-corrected chi connectivity index (χ4v) is 0.970. The van der Waals surface area contributed by atoms with Crippen molar-refractivity contribution in [3.8, 4) is 0 Å². The summed E-state index contributed by atoms with van der Waals surface area (Å²) in [4.78, 5) is 10.8. The van der Waals surface area contributed by atoms with Crippen molar-refractivity contribution in [3.05, 3.63) is 0 Å². The second-order valence-corrected chi connectivity index (χ2v) is 2.82. The molecule has 0 unspecified atom stereocenters. The van der Waals surface area contributed by atoms with Gasteiger partial charge in [-0.3, -0.25) is 4.79 Å². The molecule has 1 amide bonds. The Bertz CT molecular complexity index is 191. The predicted molar refractivity (Wildman–Crippen MR) is 44.9 cm³/mol. The van der Waals surface area contributed by atoms with E-state index in [0.717, 1.165) is 7.05 Å². The molecule has 0 saturated heterocycles. The molecule has 0 aromatic rings. The van der Waals surface area contributed by atoms with E-state index in [0.29, 0.717) is 6.42 Å². The number of unbranched alkanes of at least 4 members (excludes halogenated alkanes) is 1. The van der Waals surface area contributed by atoms with Gasteiger partial charge in [0.2, 0.25) is 0 Å².